The van der Waals surface area contributed by atoms with Crippen molar-refractivity contribution in [1.82, 2.24) is 0 Å². The molecule has 2 N–H and O–H groups in total. The van der Waals surface area contributed by atoms with Gasteiger partial charge in [0.15, 0.2) is 0 Å². The number of hydrogen-bond donors (Lipinski definition) is 2. The largest absolute Gasteiger partial charge is 0.497 e. The third kappa shape index (κ3) is 3.91. The van der Waals surface area contributed by atoms with E-state index < -0.39 is 11.4 Å². The molecule has 2 rings (SSSR count). The number of carbonyl (C=O) groups is 2. The molecule has 0 spiro atoms. The first kappa shape index (κ1) is 18.3. The Labute approximate surface area is 146 Å². The van der Waals surface area contributed by atoms with E-state index in [-0.39, 0.29) is 5.91 Å². The number of anilines is 1. The second kappa shape index (κ2) is 7.25. The lowest BCUT2D eigenvalue weighted by Crippen LogP contribution is -2.28. The van der Waals surface area contributed by atoms with E-state index in [0.717, 1.165) is 0 Å². The second-order valence-corrected chi connectivity index (χ2v) is 6.03. The van der Waals surface area contributed by atoms with Crippen molar-refractivity contribution < 1.29 is 24.2 Å². The van der Waals surface area contributed by atoms with Crippen LogP contribution in [0.4, 0.5) is 5.69 Å². The highest BCUT2D eigenvalue weighted by Crippen LogP contribution is 2.27. The van der Waals surface area contributed by atoms with Gasteiger partial charge in [0.05, 0.1) is 25.2 Å². The van der Waals surface area contributed by atoms with Crippen LogP contribution in [-0.4, -0.2) is 31.2 Å². The van der Waals surface area contributed by atoms with Crippen LogP contribution >= 0.6 is 0 Å². The van der Waals surface area contributed by atoms with Crippen LogP contribution in [0.3, 0.4) is 0 Å². The first-order valence-corrected chi connectivity index (χ1v) is 7.67. The highest BCUT2D eigenvalue weighted by molar-refractivity contribution is 6.06. The number of aliphatic carboxylic acids is 1. The summed E-state index contributed by atoms with van der Waals surface area (Å²) < 4.78 is 10.3. The van der Waals surface area contributed by atoms with Crippen molar-refractivity contribution in [3.05, 3.63) is 53.6 Å². The first-order chi connectivity index (χ1) is 11.8. The number of rotatable bonds is 6. The maximum absolute atomic E-state index is 12.5. The Balaban J connectivity index is 2.20. The van der Waals surface area contributed by atoms with E-state index in [2.05, 4.69) is 5.32 Å². The predicted molar refractivity (Wildman–Crippen MR) is 94.6 cm³/mol. The van der Waals surface area contributed by atoms with Gasteiger partial charge in [0.1, 0.15) is 11.5 Å². The molecule has 0 aromatic heterocycles. The maximum atomic E-state index is 12.5. The zero-order chi connectivity index (χ0) is 18.6. The molecule has 0 fully saturated rings. The summed E-state index contributed by atoms with van der Waals surface area (Å²) in [5.74, 6) is -0.244. The Morgan fingerprint density at radius 2 is 1.64 bits per heavy atom. The van der Waals surface area contributed by atoms with Gasteiger partial charge in [-0.3, -0.25) is 9.59 Å². The fourth-order valence-corrected chi connectivity index (χ4v) is 2.28. The molecule has 0 saturated carbocycles. The quantitative estimate of drug-likeness (QED) is 0.840. The van der Waals surface area contributed by atoms with Crippen molar-refractivity contribution in [2.45, 2.75) is 19.3 Å². The second-order valence-electron chi connectivity index (χ2n) is 6.03. The van der Waals surface area contributed by atoms with E-state index in [9.17, 15) is 14.7 Å². The standard InChI is InChI=1S/C19H21NO5/c1-19(2,18(22)23)12-5-7-13(8-6-12)20-17(21)15-10-9-14(24-3)11-16(15)25-4/h5-11H,1-4H3,(H,20,21)(H,22,23). The Hall–Kier alpha value is -3.02. The monoisotopic (exact) mass is 343 g/mol. The average molecular weight is 343 g/mol. The van der Waals surface area contributed by atoms with Crippen LogP contribution in [0.25, 0.3) is 0 Å². The molecular formula is C19H21NO5. The third-order valence-corrected chi connectivity index (χ3v) is 4.05. The van der Waals surface area contributed by atoms with Crippen molar-refractivity contribution in [2.24, 2.45) is 0 Å². The lowest BCUT2D eigenvalue weighted by Gasteiger charge is -2.20. The summed E-state index contributed by atoms with van der Waals surface area (Å²) in [6.07, 6.45) is 0. The van der Waals surface area contributed by atoms with Gasteiger partial charge in [-0.05, 0) is 43.7 Å². The van der Waals surface area contributed by atoms with Crippen LogP contribution in [-0.2, 0) is 10.2 Å². The minimum absolute atomic E-state index is 0.329. The number of hydrogen-bond acceptors (Lipinski definition) is 4. The molecule has 0 bridgehead atoms. The number of carbonyl (C=O) groups excluding carboxylic acids is 1. The Morgan fingerprint density at radius 1 is 1.00 bits per heavy atom. The summed E-state index contributed by atoms with van der Waals surface area (Å²) in [7, 11) is 3.02. The molecule has 25 heavy (non-hydrogen) atoms. The van der Waals surface area contributed by atoms with Gasteiger partial charge in [-0.1, -0.05) is 12.1 Å². The Bertz CT molecular complexity index is 781. The van der Waals surface area contributed by atoms with Crippen LogP contribution in [0.2, 0.25) is 0 Å². The van der Waals surface area contributed by atoms with Crippen molar-refractivity contribution in [3.63, 3.8) is 0 Å². The molecule has 6 nitrogen and oxygen atoms in total. The minimum Gasteiger partial charge on any atom is -0.497 e. The molecule has 0 heterocycles. The molecule has 0 unspecified atom stereocenters. The highest BCUT2D eigenvalue weighted by Gasteiger charge is 2.29. The van der Waals surface area contributed by atoms with Crippen molar-refractivity contribution in [2.75, 3.05) is 19.5 Å². The molecule has 0 aliphatic carbocycles. The van der Waals surface area contributed by atoms with E-state index in [1.54, 1.807) is 56.3 Å². The molecule has 0 atom stereocenters. The van der Waals surface area contributed by atoms with E-state index in [0.29, 0.717) is 28.3 Å². The average Bonchev–Trinajstić information content (AvgIpc) is 2.61. The van der Waals surface area contributed by atoms with Gasteiger partial charge in [0.2, 0.25) is 0 Å². The topological polar surface area (TPSA) is 84.9 Å². The summed E-state index contributed by atoms with van der Waals surface area (Å²) in [5, 5.41) is 12.0. The number of methoxy groups -OCH3 is 2. The maximum Gasteiger partial charge on any atom is 0.313 e. The van der Waals surface area contributed by atoms with Gasteiger partial charge in [-0.25, -0.2) is 0 Å². The summed E-state index contributed by atoms with van der Waals surface area (Å²) in [6.45, 7) is 3.26. The fraction of sp³-hybridized carbons (Fsp3) is 0.263. The predicted octanol–water partition coefficient (Wildman–Crippen LogP) is 3.32. The Morgan fingerprint density at radius 3 is 2.16 bits per heavy atom. The lowest BCUT2D eigenvalue weighted by atomic mass is 9.85. The summed E-state index contributed by atoms with van der Waals surface area (Å²) in [4.78, 5) is 23.8. The molecule has 1 amide bonds. The van der Waals surface area contributed by atoms with Gasteiger partial charge in [-0.15, -0.1) is 0 Å². The van der Waals surface area contributed by atoms with Gasteiger partial charge < -0.3 is 19.9 Å². The van der Waals surface area contributed by atoms with Crippen LogP contribution < -0.4 is 14.8 Å². The van der Waals surface area contributed by atoms with Crippen LogP contribution in [0.5, 0.6) is 11.5 Å². The molecule has 0 aliphatic heterocycles. The van der Waals surface area contributed by atoms with E-state index >= 15 is 0 Å². The normalized spacial score (nSPS) is 10.9. The van der Waals surface area contributed by atoms with Gasteiger partial charge >= 0.3 is 5.97 Å². The number of carboxylic acids is 1. The molecule has 6 heteroatoms. The number of amides is 1. The fourth-order valence-electron chi connectivity index (χ4n) is 2.28. The summed E-state index contributed by atoms with van der Waals surface area (Å²) >= 11 is 0. The van der Waals surface area contributed by atoms with E-state index in [4.69, 9.17) is 9.47 Å². The zero-order valence-corrected chi connectivity index (χ0v) is 14.6. The van der Waals surface area contributed by atoms with Gasteiger partial charge in [-0.2, -0.15) is 0 Å². The van der Waals surface area contributed by atoms with E-state index in [1.807, 2.05) is 0 Å². The van der Waals surface area contributed by atoms with Crippen LogP contribution in [0, 0.1) is 0 Å². The van der Waals surface area contributed by atoms with Crippen molar-refractivity contribution in [1.29, 1.82) is 0 Å². The third-order valence-electron chi connectivity index (χ3n) is 4.05. The molecule has 0 radical (unpaired) electrons. The number of ether oxygens (including phenoxy) is 2. The van der Waals surface area contributed by atoms with Crippen molar-refractivity contribution in [3.8, 4) is 11.5 Å². The Kier molecular flexibility index (Phi) is 5.32. The lowest BCUT2D eigenvalue weighted by molar-refractivity contribution is -0.142. The van der Waals surface area contributed by atoms with Crippen LogP contribution in [0.15, 0.2) is 42.5 Å². The molecule has 132 valence electrons. The molecule has 2 aromatic rings. The number of carboxylic acid groups (broad SMARTS) is 1. The highest BCUT2D eigenvalue weighted by atomic mass is 16.5. The van der Waals surface area contributed by atoms with E-state index in [1.165, 1.54) is 14.2 Å². The number of nitrogens with one attached hydrogen (secondary N) is 1. The minimum atomic E-state index is -0.998. The van der Waals surface area contributed by atoms with Gasteiger partial charge in [0, 0.05) is 11.8 Å². The smallest absolute Gasteiger partial charge is 0.313 e. The summed E-state index contributed by atoms with van der Waals surface area (Å²) in [6, 6.07) is 11.7. The zero-order valence-electron chi connectivity index (χ0n) is 14.6. The number of benzene rings is 2. The summed E-state index contributed by atoms with van der Waals surface area (Å²) in [5.41, 5.74) is 0.591. The first-order valence-electron chi connectivity index (χ1n) is 7.67. The SMILES string of the molecule is COc1ccc(C(=O)Nc2ccc(C(C)(C)C(=O)O)cc2)c(OC)c1. The van der Waals surface area contributed by atoms with Gasteiger partial charge in [0.25, 0.3) is 5.91 Å². The van der Waals surface area contributed by atoms with Crippen molar-refractivity contribution >= 4 is 17.6 Å². The molecule has 0 aliphatic rings. The molecule has 2 aromatic carbocycles. The molecular weight excluding hydrogens is 322 g/mol. The van der Waals surface area contributed by atoms with Crippen LogP contribution in [0.1, 0.15) is 29.8 Å². The molecule has 0 saturated heterocycles.